The van der Waals surface area contributed by atoms with Crippen molar-refractivity contribution in [2.75, 3.05) is 6.54 Å². The average Bonchev–Trinajstić information content (AvgIpc) is 2.83. The molecule has 4 rings (SSSR count). The Bertz CT molecular complexity index is 703. The first kappa shape index (κ1) is 13.8. The summed E-state index contributed by atoms with van der Waals surface area (Å²) < 4.78 is 7.92. The molecule has 6 nitrogen and oxygen atoms in total. The van der Waals surface area contributed by atoms with Gasteiger partial charge in [-0.15, -0.1) is 0 Å². The maximum Gasteiger partial charge on any atom is 0.276 e. The summed E-state index contributed by atoms with van der Waals surface area (Å²) in [6, 6.07) is 0. The normalized spacial score (nSPS) is 26.1. The van der Waals surface area contributed by atoms with Crippen LogP contribution in [0.3, 0.4) is 0 Å². The summed E-state index contributed by atoms with van der Waals surface area (Å²) in [7, 11) is 0. The van der Waals surface area contributed by atoms with Gasteiger partial charge in [0.1, 0.15) is 0 Å². The third-order valence-corrected chi connectivity index (χ3v) is 5.21. The lowest BCUT2D eigenvalue weighted by atomic mass is 9.85. The smallest absolute Gasteiger partial charge is 0.276 e. The van der Waals surface area contributed by atoms with Gasteiger partial charge in [0, 0.05) is 11.8 Å². The van der Waals surface area contributed by atoms with Crippen molar-refractivity contribution in [2.45, 2.75) is 57.4 Å². The number of hydrogen-bond donors (Lipinski definition) is 1. The van der Waals surface area contributed by atoms with E-state index >= 15 is 0 Å². The van der Waals surface area contributed by atoms with Gasteiger partial charge in [-0.2, -0.15) is 0 Å². The van der Waals surface area contributed by atoms with E-state index in [0.717, 1.165) is 25.7 Å². The Hall–Kier alpha value is -1.82. The number of rotatable bonds is 0. The number of nitrogens with zero attached hydrogens (tertiary/aromatic N) is 2. The molecular weight excluding hydrogens is 284 g/mol. The van der Waals surface area contributed by atoms with E-state index in [1.165, 1.54) is 6.42 Å². The van der Waals surface area contributed by atoms with Crippen LogP contribution in [-0.4, -0.2) is 38.9 Å². The number of ether oxygens (including phenoxy) is 1. The van der Waals surface area contributed by atoms with Crippen LogP contribution < -0.4 is 5.43 Å². The molecule has 6 heteroatoms. The molecule has 22 heavy (non-hydrogen) atoms. The van der Waals surface area contributed by atoms with Crippen molar-refractivity contribution in [3.8, 4) is 5.75 Å². The maximum atomic E-state index is 12.7. The van der Waals surface area contributed by atoms with Gasteiger partial charge in [0.25, 0.3) is 5.91 Å². The molecule has 3 heterocycles. The van der Waals surface area contributed by atoms with Crippen molar-refractivity contribution in [3.05, 3.63) is 27.7 Å². The summed E-state index contributed by atoms with van der Waals surface area (Å²) in [4.78, 5) is 26.3. The van der Waals surface area contributed by atoms with E-state index in [1.54, 1.807) is 22.6 Å². The van der Waals surface area contributed by atoms with E-state index in [1.807, 2.05) is 0 Å². The number of hydrogen-bond acceptors (Lipinski definition) is 4. The monoisotopic (exact) mass is 304 g/mol. The molecule has 1 atom stereocenters. The predicted octanol–water partition coefficient (Wildman–Crippen LogP) is 1.38. The molecule has 0 aromatic carbocycles. The van der Waals surface area contributed by atoms with Crippen LogP contribution in [0.2, 0.25) is 0 Å². The predicted molar refractivity (Wildman–Crippen MR) is 78.8 cm³/mol. The second kappa shape index (κ2) is 4.59. The first-order chi connectivity index (χ1) is 10.5. The van der Waals surface area contributed by atoms with Crippen molar-refractivity contribution in [1.29, 1.82) is 0 Å². The summed E-state index contributed by atoms with van der Waals surface area (Å²) in [6.45, 7) is 2.68. The Kier molecular flexibility index (Phi) is 2.88. The number of amides is 1. The van der Waals surface area contributed by atoms with Crippen LogP contribution in [0.15, 0.2) is 11.0 Å². The van der Waals surface area contributed by atoms with Crippen LogP contribution in [0, 0.1) is 6.92 Å². The van der Waals surface area contributed by atoms with E-state index in [9.17, 15) is 14.7 Å². The third-order valence-electron chi connectivity index (χ3n) is 5.21. The van der Waals surface area contributed by atoms with Crippen molar-refractivity contribution < 1.29 is 14.6 Å². The molecule has 1 saturated heterocycles. The maximum absolute atomic E-state index is 12.7. The van der Waals surface area contributed by atoms with E-state index in [4.69, 9.17) is 4.74 Å². The van der Waals surface area contributed by atoms with Crippen LogP contribution in [-0.2, 0) is 11.3 Å². The van der Waals surface area contributed by atoms with Crippen molar-refractivity contribution in [3.63, 3.8) is 0 Å². The fraction of sp³-hybridized carbons (Fsp3) is 0.625. The zero-order valence-corrected chi connectivity index (χ0v) is 12.7. The molecule has 1 aromatic rings. The molecule has 1 amide bonds. The number of carbonyl (C=O) groups excluding carboxylic acids is 1. The fourth-order valence-corrected chi connectivity index (χ4v) is 4.07. The highest BCUT2D eigenvalue weighted by molar-refractivity contribution is 5.96. The molecule has 0 bridgehead atoms. The van der Waals surface area contributed by atoms with Gasteiger partial charge in [-0.1, -0.05) is 19.3 Å². The lowest BCUT2D eigenvalue weighted by Gasteiger charge is -2.32. The van der Waals surface area contributed by atoms with E-state index in [0.29, 0.717) is 18.7 Å². The minimum absolute atomic E-state index is 0.100. The second-order valence-corrected chi connectivity index (χ2v) is 6.74. The van der Waals surface area contributed by atoms with E-state index in [2.05, 4.69) is 0 Å². The highest BCUT2D eigenvalue weighted by Gasteiger charge is 2.50. The minimum Gasteiger partial charge on any atom is -0.503 e. The van der Waals surface area contributed by atoms with Gasteiger partial charge >= 0.3 is 0 Å². The highest BCUT2D eigenvalue weighted by atomic mass is 16.5. The number of fused-ring (bicyclic) bond motifs is 2. The van der Waals surface area contributed by atoms with Gasteiger partial charge in [-0.25, -0.2) is 0 Å². The van der Waals surface area contributed by atoms with E-state index < -0.39 is 11.2 Å². The lowest BCUT2D eigenvalue weighted by molar-refractivity contribution is -0.0797. The number of aryl methyl sites for hydroxylation is 1. The van der Waals surface area contributed by atoms with Gasteiger partial charge in [0.05, 0.1) is 18.7 Å². The fourth-order valence-electron chi connectivity index (χ4n) is 4.07. The van der Waals surface area contributed by atoms with Crippen LogP contribution in [0.5, 0.6) is 5.75 Å². The SMILES string of the molecule is Cc1cn2c(c(O)c1=O)C(=O)N1CC3(CCCCC3)OC1C2. The van der Waals surface area contributed by atoms with Crippen LogP contribution in [0.25, 0.3) is 0 Å². The molecule has 3 aliphatic rings. The third kappa shape index (κ3) is 1.83. The Morgan fingerprint density at radius 1 is 1.27 bits per heavy atom. The van der Waals surface area contributed by atoms with Crippen molar-refractivity contribution in [1.82, 2.24) is 9.47 Å². The van der Waals surface area contributed by atoms with Gasteiger partial charge in [-0.05, 0) is 19.8 Å². The number of aromatic hydroxyl groups is 1. The summed E-state index contributed by atoms with van der Waals surface area (Å²) >= 11 is 0. The number of pyridine rings is 1. The molecule has 2 fully saturated rings. The molecule has 0 radical (unpaired) electrons. The largest absolute Gasteiger partial charge is 0.503 e. The summed E-state index contributed by atoms with van der Waals surface area (Å²) in [5.74, 6) is -0.735. The molecule has 1 aliphatic carbocycles. The van der Waals surface area contributed by atoms with E-state index in [-0.39, 0.29) is 23.4 Å². The van der Waals surface area contributed by atoms with Gasteiger partial charge in [0.15, 0.2) is 17.7 Å². The molecule has 2 aliphatic heterocycles. The lowest BCUT2D eigenvalue weighted by Crippen LogP contribution is -2.46. The number of carbonyl (C=O) groups is 1. The quantitative estimate of drug-likeness (QED) is 0.786. The zero-order chi connectivity index (χ0) is 15.5. The molecule has 1 spiro atoms. The number of aromatic nitrogens is 1. The first-order valence-corrected chi connectivity index (χ1v) is 7.93. The minimum atomic E-state index is -0.467. The first-order valence-electron chi connectivity index (χ1n) is 7.93. The molecule has 1 saturated carbocycles. The molecule has 118 valence electrons. The van der Waals surface area contributed by atoms with Gasteiger partial charge in [0.2, 0.25) is 5.43 Å². The summed E-state index contributed by atoms with van der Waals surface area (Å²) in [5, 5.41) is 10.1. The van der Waals surface area contributed by atoms with Gasteiger partial charge in [-0.3, -0.25) is 9.59 Å². The Morgan fingerprint density at radius 3 is 2.73 bits per heavy atom. The molecule has 1 N–H and O–H groups in total. The van der Waals surface area contributed by atoms with Gasteiger partial charge < -0.3 is 19.3 Å². The van der Waals surface area contributed by atoms with Crippen molar-refractivity contribution in [2.24, 2.45) is 0 Å². The van der Waals surface area contributed by atoms with Crippen LogP contribution in [0.1, 0.15) is 48.2 Å². The Balaban J connectivity index is 1.73. The van der Waals surface area contributed by atoms with Crippen LogP contribution >= 0.6 is 0 Å². The Labute approximate surface area is 128 Å². The highest BCUT2D eigenvalue weighted by Crippen LogP contribution is 2.41. The topological polar surface area (TPSA) is 71.8 Å². The molecule has 1 unspecified atom stereocenters. The average molecular weight is 304 g/mol. The molecular formula is C16H20N2O4. The standard InChI is InChI=1S/C16H20N2O4/c1-10-7-17-8-11-18(15(21)12(17)14(20)13(10)19)9-16(22-11)5-3-2-4-6-16/h7,11,20H,2-6,8-9H2,1H3. The summed E-state index contributed by atoms with van der Waals surface area (Å²) in [6.07, 6.45) is 6.78. The molecule has 1 aromatic heterocycles. The Morgan fingerprint density at radius 2 is 2.00 bits per heavy atom. The van der Waals surface area contributed by atoms with Crippen molar-refractivity contribution >= 4 is 5.91 Å². The summed E-state index contributed by atoms with van der Waals surface area (Å²) in [5.41, 5.74) is -0.159. The zero-order valence-electron chi connectivity index (χ0n) is 12.7. The second-order valence-electron chi connectivity index (χ2n) is 6.74. The van der Waals surface area contributed by atoms with Crippen LogP contribution in [0.4, 0.5) is 0 Å².